The lowest BCUT2D eigenvalue weighted by atomic mass is 9.42. The maximum absolute atomic E-state index is 21.4. The lowest BCUT2D eigenvalue weighted by molar-refractivity contribution is -0.331. The van der Waals surface area contributed by atoms with Gasteiger partial charge in [-0.1, -0.05) is 0 Å². The molecule has 1 saturated carbocycles. The van der Waals surface area contributed by atoms with Gasteiger partial charge in [0.05, 0.1) is 0 Å². The fourth-order valence-corrected chi connectivity index (χ4v) is 27.9. The van der Waals surface area contributed by atoms with E-state index in [2.05, 4.69) is 0 Å². The van der Waals surface area contributed by atoms with Gasteiger partial charge in [-0.2, -0.15) is 0 Å². The first-order valence-corrected chi connectivity index (χ1v) is 25.9. The van der Waals surface area contributed by atoms with Crippen LogP contribution < -0.4 is 5.22 Å². The second-order valence-corrected chi connectivity index (χ2v) is 27.6. The molecule has 0 saturated heterocycles. The van der Waals surface area contributed by atoms with Gasteiger partial charge in [-0.05, 0) is 119 Å². The molecule has 0 amide bonds. The number of allylic oxidation sites excluding steroid dienone is 6. The van der Waals surface area contributed by atoms with Gasteiger partial charge in [-0.3, -0.25) is 0 Å². The first-order chi connectivity index (χ1) is 36.7. The van der Waals surface area contributed by atoms with Gasteiger partial charge >= 0.3 is 0 Å². The molecular weight excluding hydrogens is 1060 g/mol. The first-order valence-electron chi connectivity index (χ1n) is 25.9. The number of alkyl halides is 18. The molecule has 21 aliphatic rings. The lowest BCUT2D eigenvalue weighted by Gasteiger charge is -2.66. The van der Waals surface area contributed by atoms with Gasteiger partial charge in [-0.15, -0.1) is 0 Å². The molecule has 0 aromatic heterocycles. The largest absolute Gasteiger partial charge is 0.236 e. The summed E-state index contributed by atoms with van der Waals surface area (Å²) in [5.41, 5.74) is -138. The van der Waals surface area contributed by atoms with Crippen molar-refractivity contribution >= 4 is 114 Å². The van der Waals surface area contributed by atoms with Crippen LogP contribution in [0.4, 0.5) is 79.0 Å². The van der Waals surface area contributed by atoms with Crippen LogP contribution in [0.25, 0.3) is 114 Å². The SMILES string of the molecule is FC12C3=C4C5=C6C7(F)c8c9c%10c%11c%12c8C8(F)C(F)(C1=C1c%13c%14c%15c%16c%17c%18c(c5c5c%19c%20c%21c%22c%23c%24c%25c%26c(c%13c%13c%25c%25c%23c%21c(c%19%18)c%17c%25c%15%13)C1(F)C8(F)C%12(F)C%26(F)C%24(F)C%11(F)C=%22C%10(F)C%20(F)C5(F)C69F)C4(F)C%16(F)C%142F)C37F. The van der Waals surface area contributed by atoms with Crippen LogP contribution in [-0.2, 0) is 79.4 Å². The predicted octanol–water partition coefficient (Wildman–Crippen LogP) is 13.5. The number of benzene rings is 8. The Kier molecular flexibility index (Phi) is 2.87. The number of hydrogen-bond donors (Lipinski definition) is 0. The smallest absolute Gasteiger partial charge is 0.231 e. The Hall–Kier alpha value is -6.72. The molecular formula is C60F18. The molecule has 18 heteroatoms. The number of hydrogen-bond acceptors (Lipinski definition) is 0. The topological polar surface area (TPSA) is 0 Å². The minimum Gasteiger partial charge on any atom is -0.231 e. The van der Waals surface area contributed by atoms with Crippen LogP contribution in [0, 0.1) is 0 Å². The van der Waals surface area contributed by atoms with Crippen LogP contribution in [0.2, 0.25) is 0 Å². The highest BCUT2D eigenvalue weighted by molar-refractivity contribution is 6.62. The van der Waals surface area contributed by atoms with E-state index in [1.807, 2.05) is 0 Å². The summed E-state index contributed by atoms with van der Waals surface area (Å²) in [7, 11) is 0. The predicted molar refractivity (Wildman–Crippen MR) is 231 cm³/mol. The average Bonchev–Trinajstić information content (AvgIpc) is 1.35. The fraction of sp³-hybridized carbons (Fsp3) is 0.300. The van der Waals surface area contributed by atoms with Crippen molar-refractivity contribution in [1.82, 2.24) is 0 Å². The van der Waals surface area contributed by atoms with Crippen molar-refractivity contribution in [2.45, 2.75) is 102 Å². The summed E-state index contributed by atoms with van der Waals surface area (Å²) in [5.74, 6) is 0. The van der Waals surface area contributed by atoms with Gasteiger partial charge in [0.2, 0.25) is 102 Å². The molecule has 0 nitrogen and oxygen atoms in total. The minimum atomic E-state index is -6.13. The van der Waals surface area contributed by atoms with E-state index in [1.165, 1.54) is 0 Å². The van der Waals surface area contributed by atoms with Gasteiger partial charge in [0, 0.05) is 111 Å². The van der Waals surface area contributed by atoms with Crippen molar-refractivity contribution in [2.24, 2.45) is 0 Å². The zero-order valence-corrected chi connectivity index (χ0v) is 36.8. The number of rotatable bonds is 0. The molecule has 0 bridgehead atoms. The van der Waals surface area contributed by atoms with Crippen LogP contribution in [0.3, 0.4) is 0 Å². The highest BCUT2D eigenvalue weighted by Gasteiger charge is 3.15. The summed E-state index contributed by atoms with van der Waals surface area (Å²) in [5, 5.41) is -9.60. The molecule has 0 N–H and O–H groups in total. The molecule has 0 spiro atoms. The summed E-state index contributed by atoms with van der Waals surface area (Å²) >= 11 is 0. The molecule has 18 unspecified atom stereocenters. The van der Waals surface area contributed by atoms with Crippen LogP contribution in [0.5, 0.6) is 0 Å². The van der Waals surface area contributed by atoms with E-state index in [4.69, 9.17) is 0 Å². The van der Waals surface area contributed by atoms with Crippen LogP contribution >= 0.6 is 0 Å². The summed E-state index contributed by atoms with van der Waals surface area (Å²) < 4.78 is 385. The molecule has 11 aromatic rings. The standard InChI is InChI=1S/C60F18/c61-43-23-11-10-3-4-1-2-5-6(3)13-16-14(5)26-19-9(2)7-8(1)17-24(12(4)11)50(43,68)54(72)27(17)20-15(7)29-30(19)55(73)53(26,71)47(65)35-33-34-36-38-37(35)56(55,74)60(78)44(29,62)31(20)42-49(54,67)41-32(43)22-21(23)28-18(10)25(13)51(69,45(33,63)39(16)47)52(28,70)46(34,64)40(22)48(36,66)58(41,76)59(42,77)57(38,60)75. The Morgan fingerprint density at radius 3 is 1.21 bits per heavy atom. The van der Waals surface area contributed by atoms with Crippen molar-refractivity contribution in [1.29, 1.82) is 0 Å². The van der Waals surface area contributed by atoms with Crippen molar-refractivity contribution in [3.8, 4) is 0 Å². The minimum absolute atomic E-state index is 0.128. The third kappa shape index (κ3) is 1.42. The molecule has 0 aliphatic heterocycles. The highest BCUT2D eigenvalue weighted by Crippen LogP contribution is 3.06. The van der Waals surface area contributed by atoms with E-state index in [1.54, 1.807) is 0 Å². The molecule has 0 heterocycles. The molecule has 78 heavy (non-hydrogen) atoms. The summed E-state index contributed by atoms with van der Waals surface area (Å²) in [6.45, 7) is 0. The van der Waals surface area contributed by atoms with Crippen LogP contribution in [0.1, 0.15) is 89.0 Å². The fourth-order valence-electron chi connectivity index (χ4n) is 27.9. The van der Waals surface area contributed by atoms with E-state index >= 15 is 79.0 Å². The molecule has 1 fully saturated rings. The Morgan fingerprint density at radius 1 is 0.179 bits per heavy atom. The lowest BCUT2D eigenvalue weighted by Crippen LogP contribution is -2.83. The maximum atomic E-state index is 21.4. The Balaban J connectivity index is 1.16. The maximum Gasteiger partial charge on any atom is 0.236 e. The molecule has 21 aliphatic carbocycles. The van der Waals surface area contributed by atoms with Gasteiger partial charge in [0.25, 0.3) is 0 Å². The molecule has 32 rings (SSSR count). The van der Waals surface area contributed by atoms with Crippen LogP contribution in [0.15, 0.2) is 22.3 Å². The zero-order chi connectivity index (χ0) is 51.2. The molecule has 366 valence electrons. The highest BCUT2D eigenvalue weighted by atomic mass is 19.2. The van der Waals surface area contributed by atoms with E-state index in [0.717, 1.165) is 0 Å². The third-order valence-electron chi connectivity index (χ3n) is 28.1. The van der Waals surface area contributed by atoms with E-state index in [9.17, 15) is 0 Å². The second-order valence-electron chi connectivity index (χ2n) is 27.6. The summed E-state index contributed by atoms with van der Waals surface area (Å²) in [6, 6.07) is 0. The Morgan fingerprint density at radius 2 is 0.577 bits per heavy atom. The van der Waals surface area contributed by atoms with Crippen molar-refractivity contribution < 1.29 is 79.0 Å². The average molecular weight is 1060 g/mol. The monoisotopic (exact) mass is 1060 g/mol. The van der Waals surface area contributed by atoms with Gasteiger partial charge in [0.1, 0.15) is 0 Å². The van der Waals surface area contributed by atoms with Crippen LogP contribution in [-0.4, -0.2) is 22.7 Å². The molecule has 0 radical (unpaired) electrons. The third-order valence-corrected chi connectivity index (χ3v) is 28.1. The second kappa shape index (κ2) is 6.53. The van der Waals surface area contributed by atoms with Crippen molar-refractivity contribution in [3.05, 3.63) is 117 Å². The Bertz CT molecular complexity index is 6290. The van der Waals surface area contributed by atoms with E-state index in [-0.39, 0.29) is 32.3 Å². The summed E-state index contributed by atoms with van der Waals surface area (Å²) in [4.78, 5) is 0. The molecule has 18 atom stereocenters. The van der Waals surface area contributed by atoms with Gasteiger partial charge < -0.3 is 0 Å². The number of halogens is 18. The summed E-state index contributed by atoms with van der Waals surface area (Å²) in [6.07, 6.45) is 0. The van der Waals surface area contributed by atoms with Gasteiger partial charge in [-0.25, -0.2) is 79.0 Å². The normalized spacial score (nSPS) is 56.3. The zero-order valence-electron chi connectivity index (χ0n) is 36.8. The van der Waals surface area contributed by atoms with Crippen molar-refractivity contribution in [2.75, 3.05) is 0 Å². The Labute approximate surface area is 410 Å². The van der Waals surface area contributed by atoms with Crippen molar-refractivity contribution in [3.63, 3.8) is 0 Å². The quantitative estimate of drug-likeness (QED) is 0.105. The molecule has 11 aromatic carbocycles. The first kappa shape index (κ1) is 34.3. The van der Waals surface area contributed by atoms with Gasteiger partial charge in [0.15, 0.2) is 0 Å². The van der Waals surface area contributed by atoms with E-state index in [0.29, 0.717) is 0 Å². The van der Waals surface area contributed by atoms with E-state index < -0.39 is 300 Å².